The molecule has 0 fully saturated rings. The molecule has 3 rings (SSSR count). The van der Waals surface area contributed by atoms with Crippen LogP contribution in [0.3, 0.4) is 0 Å². The van der Waals surface area contributed by atoms with Crippen LogP contribution in [0.25, 0.3) is 11.5 Å². The maximum Gasteiger partial charge on any atom is 0.338 e. The number of carbonyl (C=O) groups is 2. The van der Waals surface area contributed by atoms with Gasteiger partial charge in [0.05, 0.1) is 5.56 Å². The average Bonchev–Trinajstić information content (AvgIpc) is 3.12. The highest BCUT2D eigenvalue weighted by atomic mass is 16.6. The van der Waals surface area contributed by atoms with E-state index >= 15 is 0 Å². The van der Waals surface area contributed by atoms with Crippen LogP contribution in [0.4, 0.5) is 0 Å². The fourth-order valence-electron chi connectivity index (χ4n) is 2.19. The highest BCUT2D eigenvalue weighted by Crippen LogP contribution is 2.23. The van der Waals surface area contributed by atoms with Gasteiger partial charge in [0.2, 0.25) is 5.89 Å². The monoisotopic (exact) mass is 336 g/mol. The molecule has 0 aliphatic carbocycles. The van der Waals surface area contributed by atoms with Gasteiger partial charge >= 0.3 is 5.97 Å². The Labute approximate surface area is 144 Å². The van der Waals surface area contributed by atoms with Gasteiger partial charge in [-0.15, -0.1) is 10.2 Å². The predicted octanol–water partition coefficient (Wildman–Crippen LogP) is 3.78. The second-order valence-corrected chi connectivity index (χ2v) is 5.60. The number of rotatable bonds is 5. The van der Waals surface area contributed by atoms with Crippen LogP contribution in [0.5, 0.6) is 0 Å². The summed E-state index contributed by atoms with van der Waals surface area (Å²) in [5.74, 6) is 0.0571. The van der Waals surface area contributed by atoms with Gasteiger partial charge in [-0.25, -0.2) is 4.79 Å². The molecule has 0 spiro atoms. The maximum atomic E-state index is 12.1. The van der Waals surface area contributed by atoms with Gasteiger partial charge in [0.25, 0.3) is 5.89 Å². The van der Waals surface area contributed by atoms with Crippen molar-refractivity contribution in [3.63, 3.8) is 0 Å². The number of ether oxygens (including phenoxy) is 1. The lowest BCUT2D eigenvalue weighted by molar-refractivity contribution is 0.0279. The van der Waals surface area contributed by atoms with Gasteiger partial charge in [-0.05, 0) is 38.1 Å². The second kappa shape index (κ2) is 7.09. The third kappa shape index (κ3) is 3.80. The van der Waals surface area contributed by atoms with Crippen molar-refractivity contribution in [3.8, 4) is 11.5 Å². The first kappa shape index (κ1) is 16.6. The summed E-state index contributed by atoms with van der Waals surface area (Å²) >= 11 is 0. The SMILES string of the molecule is Cc1ccc(-c2nnc([C@@H](C)OC(=O)c3ccc(C=O)cc3)o2)cc1. The minimum absolute atomic E-state index is 0.216. The molecule has 126 valence electrons. The largest absolute Gasteiger partial charge is 0.449 e. The molecule has 0 saturated carbocycles. The first-order chi connectivity index (χ1) is 12.1. The molecule has 0 aliphatic rings. The third-order valence-corrected chi connectivity index (χ3v) is 3.65. The molecular weight excluding hydrogens is 320 g/mol. The van der Waals surface area contributed by atoms with Crippen molar-refractivity contribution in [1.82, 2.24) is 10.2 Å². The number of esters is 1. The van der Waals surface area contributed by atoms with Crippen molar-refractivity contribution >= 4 is 12.3 Å². The molecule has 1 atom stereocenters. The standard InChI is InChI=1S/C19H16N2O4/c1-12-3-7-15(8-4-12)18-21-20-17(25-18)13(2)24-19(23)16-9-5-14(11-22)6-10-16/h3-11,13H,1-2H3/t13-/m1/s1. The Morgan fingerprint density at radius 3 is 2.40 bits per heavy atom. The lowest BCUT2D eigenvalue weighted by atomic mass is 10.1. The van der Waals surface area contributed by atoms with Gasteiger partial charge in [-0.3, -0.25) is 4.79 Å². The van der Waals surface area contributed by atoms with E-state index in [0.717, 1.165) is 11.1 Å². The van der Waals surface area contributed by atoms with Crippen LogP contribution in [-0.4, -0.2) is 22.5 Å². The van der Waals surface area contributed by atoms with Crippen LogP contribution in [-0.2, 0) is 4.74 Å². The first-order valence-corrected chi connectivity index (χ1v) is 7.73. The summed E-state index contributed by atoms with van der Waals surface area (Å²) in [6, 6.07) is 13.8. The Bertz CT molecular complexity index is 883. The molecule has 6 heteroatoms. The Morgan fingerprint density at radius 1 is 1.08 bits per heavy atom. The molecule has 1 heterocycles. The van der Waals surface area contributed by atoms with Crippen molar-refractivity contribution in [3.05, 3.63) is 71.1 Å². The molecule has 3 aromatic rings. The zero-order valence-electron chi connectivity index (χ0n) is 13.8. The molecule has 0 unspecified atom stereocenters. The molecule has 0 aliphatic heterocycles. The lowest BCUT2D eigenvalue weighted by Crippen LogP contribution is -2.09. The number of benzene rings is 2. The van der Waals surface area contributed by atoms with E-state index in [9.17, 15) is 9.59 Å². The van der Waals surface area contributed by atoms with Crippen LogP contribution in [0.15, 0.2) is 52.9 Å². The number of nitrogens with zero attached hydrogens (tertiary/aromatic N) is 2. The zero-order valence-corrected chi connectivity index (χ0v) is 13.8. The Kier molecular flexibility index (Phi) is 4.70. The third-order valence-electron chi connectivity index (χ3n) is 3.65. The average molecular weight is 336 g/mol. The number of hydrogen-bond acceptors (Lipinski definition) is 6. The summed E-state index contributed by atoms with van der Waals surface area (Å²) in [7, 11) is 0. The van der Waals surface area contributed by atoms with Gasteiger partial charge in [-0.1, -0.05) is 29.8 Å². The fourth-order valence-corrected chi connectivity index (χ4v) is 2.19. The minimum atomic E-state index is -0.690. The van der Waals surface area contributed by atoms with Crippen molar-refractivity contribution in [1.29, 1.82) is 0 Å². The van der Waals surface area contributed by atoms with Crippen molar-refractivity contribution in [2.24, 2.45) is 0 Å². The van der Waals surface area contributed by atoms with Crippen molar-refractivity contribution in [2.75, 3.05) is 0 Å². The lowest BCUT2D eigenvalue weighted by Gasteiger charge is -2.09. The van der Waals surface area contributed by atoms with E-state index < -0.39 is 12.1 Å². The highest BCUT2D eigenvalue weighted by Gasteiger charge is 2.20. The van der Waals surface area contributed by atoms with Gasteiger partial charge in [0.1, 0.15) is 6.29 Å². The number of aromatic nitrogens is 2. The van der Waals surface area contributed by atoms with E-state index in [2.05, 4.69) is 10.2 Å². The molecule has 2 aromatic carbocycles. The van der Waals surface area contributed by atoms with Gasteiger partial charge in [0.15, 0.2) is 6.10 Å². The summed E-state index contributed by atoms with van der Waals surface area (Å²) in [5.41, 5.74) is 2.76. The molecule has 0 amide bonds. The molecule has 0 bridgehead atoms. The van der Waals surface area contributed by atoms with Gasteiger partial charge in [0, 0.05) is 11.1 Å². The fraction of sp³-hybridized carbons (Fsp3) is 0.158. The molecule has 0 radical (unpaired) electrons. The quantitative estimate of drug-likeness (QED) is 0.521. The number of hydrogen-bond donors (Lipinski definition) is 0. The highest BCUT2D eigenvalue weighted by molar-refractivity contribution is 5.90. The van der Waals surface area contributed by atoms with Crippen LogP contribution in [0.1, 0.15) is 45.2 Å². The summed E-state index contributed by atoms with van der Waals surface area (Å²) in [6.07, 6.45) is 0.0212. The van der Waals surface area contributed by atoms with Gasteiger partial charge < -0.3 is 9.15 Å². The molecule has 1 aromatic heterocycles. The Balaban J connectivity index is 1.70. The summed E-state index contributed by atoms with van der Waals surface area (Å²) < 4.78 is 10.9. The normalized spacial score (nSPS) is 11.8. The van der Waals surface area contributed by atoms with E-state index in [1.165, 1.54) is 12.1 Å². The van der Waals surface area contributed by atoms with Crippen LogP contribution in [0.2, 0.25) is 0 Å². The first-order valence-electron chi connectivity index (χ1n) is 7.73. The second-order valence-electron chi connectivity index (χ2n) is 5.60. The van der Waals surface area contributed by atoms with Crippen molar-refractivity contribution < 1.29 is 18.7 Å². The topological polar surface area (TPSA) is 82.3 Å². The summed E-state index contributed by atoms with van der Waals surface area (Å²) in [5, 5.41) is 7.94. The zero-order chi connectivity index (χ0) is 17.8. The molecule has 0 saturated heterocycles. The molecule has 25 heavy (non-hydrogen) atoms. The van der Waals surface area contributed by atoms with E-state index in [1.807, 2.05) is 31.2 Å². The predicted molar refractivity (Wildman–Crippen MR) is 90.1 cm³/mol. The van der Waals surface area contributed by atoms with Gasteiger partial charge in [-0.2, -0.15) is 0 Å². The minimum Gasteiger partial charge on any atom is -0.449 e. The summed E-state index contributed by atoms with van der Waals surface area (Å²) in [4.78, 5) is 22.8. The smallest absolute Gasteiger partial charge is 0.338 e. The Morgan fingerprint density at radius 2 is 1.76 bits per heavy atom. The molecular formula is C19H16N2O4. The maximum absolute atomic E-state index is 12.1. The Hall–Kier alpha value is -3.28. The van der Waals surface area contributed by atoms with E-state index in [4.69, 9.17) is 9.15 Å². The van der Waals surface area contributed by atoms with Crippen LogP contribution >= 0.6 is 0 Å². The van der Waals surface area contributed by atoms with E-state index in [-0.39, 0.29) is 5.89 Å². The summed E-state index contributed by atoms with van der Waals surface area (Å²) in [6.45, 7) is 3.65. The number of aryl methyl sites for hydroxylation is 1. The molecule has 6 nitrogen and oxygen atoms in total. The van der Waals surface area contributed by atoms with Crippen LogP contribution in [0, 0.1) is 6.92 Å². The van der Waals surface area contributed by atoms with E-state index in [0.29, 0.717) is 23.3 Å². The number of carbonyl (C=O) groups excluding carboxylic acids is 2. The van der Waals surface area contributed by atoms with E-state index in [1.54, 1.807) is 19.1 Å². The number of aldehydes is 1. The van der Waals surface area contributed by atoms with Crippen molar-refractivity contribution in [2.45, 2.75) is 20.0 Å². The van der Waals surface area contributed by atoms with Crippen LogP contribution < -0.4 is 0 Å². The molecule has 0 N–H and O–H groups in total.